The van der Waals surface area contributed by atoms with Crippen LogP contribution in [0.4, 0.5) is 0 Å². The molecular formula is C13H23NSi. The molecule has 0 radical (unpaired) electrons. The van der Waals surface area contributed by atoms with Gasteiger partial charge in [0.05, 0.1) is 0 Å². The van der Waals surface area contributed by atoms with Crippen LogP contribution >= 0.6 is 0 Å². The van der Waals surface area contributed by atoms with Gasteiger partial charge in [0, 0.05) is 18.7 Å². The average Bonchev–Trinajstić information content (AvgIpc) is 2.61. The van der Waals surface area contributed by atoms with E-state index in [1.165, 1.54) is 37.8 Å². The van der Waals surface area contributed by atoms with Crippen molar-refractivity contribution in [3.63, 3.8) is 0 Å². The van der Waals surface area contributed by atoms with Crippen LogP contribution in [0, 0.1) is 11.5 Å². The summed E-state index contributed by atoms with van der Waals surface area (Å²) < 4.78 is 0. The number of rotatable bonds is 4. The van der Waals surface area contributed by atoms with Crippen LogP contribution in [0.15, 0.2) is 4.99 Å². The summed E-state index contributed by atoms with van der Waals surface area (Å²) in [6.07, 6.45) is 7.35. The Kier molecular flexibility index (Phi) is 5.11. The van der Waals surface area contributed by atoms with E-state index in [1.807, 2.05) is 0 Å². The van der Waals surface area contributed by atoms with Crippen molar-refractivity contribution in [3.05, 3.63) is 0 Å². The third-order valence-corrected chi connectivity index (χ3v) is 3.37. The lowest BCUT2D eigenvalue weighted by atomic mass is 10.1. The number of unbranched alkanes of at least 4 members (excludes halogenated alkanes) is 2. The average molecular weight is 221 g/mol. The SMILES string of the molecule is C[Si](C)(C)C#CCCCCC1=NCCC1. The van der Waals surface area contributed by atoms with Gasteiger partial charge in [-0.2, -0.15) is 0 Å². The molecular weight excluding hydrogens is 198 g/mol. The topological polar surface area (TPSA) is 12.4 Å². The van der Waals surface area contributed by atoms with Crippen molar-refractivity contribution in [2.75, 3.05) is 6.54 Å². The normalized spacial score (nSPS) is 15.8. The van der Waals surface area contributed by atoms with E-state index in [0.29, 0.717) is 0 Å². The van der Waals surface area contributed by atoms with Crippen molar-refractivity contribution >= 4 is 13.8 Å². The molecule has 0 unspecified atom stereocenters. The van der Waals surface area contributed by atoms with Gasteiger partial charge in [0.2, 0.25) is 0 Å². The quantitative estimate of drug-likeness (QED) is 0.390. The first kappa shape index (κ1) is 12.5. The molecule has 0 N–H and O–H groups in total. The van der Waals surface area contributed by atoms with Gasteiger partial charge < -0.3 is 0 Å². The van der Waals surface area contributed by atoms with Gasteiger partial charge in [-0.05, 0) is 32.1 Å². The van der Waals surface area contributed by atoms with Crippen LogP contribution in [0.2, 0.25) is 19.6 Å². The molecule has 0 spiro atoms. The van der Waals surface area contributed by atoms with Gasteiger partial charge in [-0.1, -0.05) is 19.6 Å². The monoisotopic (exact) mass is 221 g/mol. The number of aliphatic imine (C=N–C) groups is 1. The molecule has 1 rings (SSSR count). The second kappa shape index (κ2) is 6.12. The number of hydrogen-bond donors (Lipinski definition) is 0. The molecule has 0 fully saturated rings. The van der Waals surface area contributed by atoms with Crippen LogP contribution in [0.3, 0.4) is 0 Å². The van der Waals surface area contributed by atoms with Gasteiger partial charge in [0.1, 0.15) is 8.07 Å². The van der Waals surface area contributed by atoms with E-state index < -0.39 is 8.07 Å². The molecule has 0 atom stereocenters. The Bertz CT molecular complexity index is 275. The predicted octanol–water partition coefficient (Wildman–Crippen LogP) is 3.66. The van der Waals surface area contributed by atoms with Crippen LogP contribution in [0.25, 0.3) is 0 Å². The van der Waals surface area contributed by atoms with E-state index >= 15 is 0 Å². The molecule has 1 aliphatic heterocycles. The standard InChI is InChI=1S/C13H23NSi/c1-15(2,3)12-7-5-4-6-9-13-10-8-11-14-13/h4-6,8-11H2,1-3H3. The van der Waals surface area contributed by atoms with Crippen molar-refractivity contribution in [1.82, 2.24) is 0 Å². The molecule has 2 heteroatoms. The van der Waals surface area contributed by atoms with Gasteiger partial charge in [0.25, 0.3) is 0 Å². The lowest BCUT2D eigenvalue weighted by Crippen LogP contribution is -2.16. The Morgan fingerprint density at radius 2 is 2.07 bits per heavy atom. The van der Waals surface area contributed by atoms with Crippen LogP contribution in [-0.4, -0.2) is 20.3 Å². The second-order valence-electron chi connectivity index (χ2n) is 5.31. The lowest BCUT2D eigenvalue weighted by Gasteiger charge is -2.03. The Labute approximate surface area is 95.4 Å². The van der Waals surface area contributed by atoms with Gasteiger partial charge >= 0.3 is 0 Å². The first-order chi connectivity index (χ1) is 7.08. The smallest absolute Gasteiger partial charge is 0.129 e. The molecule has 0 amide bonds. The first-order valence-corrected chi connectivity index (χ1v) is 9.60. The largest absolute Gasteiger partial charge is 0.294 e. The highest BCUT2D eigenvalue weighted by molar-refractivity contribution is 6.83. The number of nitrogens with zero attached hydrogens (tertiary/aromatic N) is 1. The maximum absolute atomic E-state index is 4.48. The molecule has 15 heavy (non-hydrogen) atoms. The molecule has 1 aliphatic rings. The Morgan fingerprint density at radius 3 is 2.67 bits per heavy atom. The minimum absolute atomic E-state index is 1.07. The molecule has 0 aromatic carbocycles. The highest BCUT2D eigenvalue weighted by Gasteiger charge is 2.07. The summed E-state index contributed by atoms with van der Waals surface area (Å²) in [6, 6.07) is 0. The highest BCUT2D eigenvalue weighted by Crippen LogP contribution is 2.10. The highest BCUT2D eigenvalue weighted by atomic mass is 28.3. The van der Waals surface area contributed by atoms with Crippen molar-refractivity contribution in [2.24, 2.45) is 4.99 Å². The summed E-state index contributed by atoms with van der Waals surface area (Å²) in [4.78, 5) is 4.48. The van der Waals surface area contributed by atoms with Gasteiger partial charge in [-0.25, -0.2) is 0 Å². The molecule has 1 heterocycles. The summed E-state index contributed by atoms with van der Waals surface area (Å²) in [5.41, 5.74) is 4.86. The lowest BCUT2D eigenvalue weighted by molar-refractivity contribution is 0.783. The third-order valence-electron chi connectivity index (χ3n) is 2.44. The first-order valence-electron chi connectivity index (χ1n) is 6.10. The van der Waals surface area contributed by atoms with E-state index in [-0.39, 0.29) is 0 Å². The fourth-order valence-electron chi connectivity index (χ4n) is 1.67. The van der Waals surface area contributed by atoms with Gasteiger partial charge in [-0.15, -0.1) is 11.5 Å². The van der Waals surface area contributed by atoms with E-state index in [0.717, 1.165) is 13.0 Å². The van der Waals surface area contributed by atoms with E-state index in [9.17, 15) is 0 Å². The minimum Gasteiger partial charge on any atom is -0.294 e. The molecule has 1 nitrogen and oxygen atoms in total. The summed E-state index contributed by atoms with van der Waals surface area (Å²) in [5.74, 6) is 3.32. The van der Waals surface area contributed by atoms with Gasteiger partial charge in [0.15, 0.2) is 0 Å². The third kappa shape index (κ3) is 6.51. The van der Waals surface area contributed by atoms with Crippen molar-refractivity contribution in [2.45, 2.75) is 58.2 Å². The van der Waals surface area contributed by atoms with Crippen LogP contribution in [-0.2, 0) is 0 Å². The Balaban J connectivity index is 2.03. The summed E-state index contributed by atoms with van der Waals surface area (Å²) >= 11 is 0. The molecule has 0 aliphatic carbocycles. The minimum atomic E-state index is -1.13. The summed E-state index contributed by atoms with van der Waals surface area (Å²) in [6.45, 7) is 7.97. The zero-order valence-corrected chi connectivity index (χ0v) is 11.4. The maximum Gasteiger partial charge on any atom is 0.129 e. The van der Waals surface area contributed by atoms with E-state index in [1.54, 1.807) is 0 Å². The molecule has 0 aromatic rings. The molecule has 0 bridgehead atoms. The summed E-state index contributed by atoms with van der Waals surface area (Å²) in [7, 11) is -1.13. The van der Waals surface area contributed by atoms with Crippen molar-refractivity contribution < 1.29 is 0 Å². The zero-order chi connectivity index (χ0) is 11.1. The Hall–Kier alpha value is -0.553. The van der Waals surface area contributed by atoms with Crippen molar-refractivity contribution in [3.8, 4) is 11.5 Å². The fourth-order valence-corrected chi connectivity index (χ4v) is 2.33. The molecule has 0 saturated carbocycles. The molecule has 0 saturated heterocycles. The van der Waals surface area contributed by atoms with Crippen LogP contribution in [0.5, 0.6) is 0 Å². The van der Waals surface area contributed by atoms with Crippen LogP contribution in [0.1, 0.15) is 38.5 Å². The number of hydrogen-bond acceptors (Lipinski definition) is 1. The van der Waals surface area contributed by atoms with Crippen molar-refractivity contribution in [1.29, 1.82) is 0 Å². The van der Waals surface area contributed by atoms with E-state index in [4.69, 9.17) is 0 Å². The van der Waals surface area contributed by atoms with Crippen LogP contribution < -0.4 is 0 Å². The Morgan fingerprint density at radius 1 is 1.27 bits per heavy atom. The molecule has 0 aromatic heterocycles. The maximum atomic E-state index is 4.48. The van der Waals surface area contributed by atoms with E-state index in [2.05, 4.69) is 36.1 Å². The predicted molar refractivity (Wildman–Crippen MR) is 71.1 cm³/mol. The van der Waals surface area contributed by atoms with Gasteiger partial charge in [-0.3, -0.25) is 4.99 Å². The molecule has 84 valence electrons. The summed E-state index contributed by atoms with van der Waals surface area (Å²) in [5, 5.41) is 0. The second-order valence-corrected chi connectivity index (χ2v) is 10.1. The fraction of sp³-hybridized carbons (Fsp3) is 0.769. The zero-order valence-electron chi connectivity index (χ0n) is 10.4.